The van der Waals surface area contributed by atoms with Gasteiger partial charge in [-0.2, -0.15) is 5.10 Å². The number of sulfonamides is 1. The molecule has 0 atom stereocenters. The van der Waals surface area contributed by atoms with E-state index in [1.54, 1.807) is 25.1 Å². The van der Waals surface area contributed by atoms with Crippen LogP contribution >= 0.6 is 11.6 Å². The van der Waals surface area contributed by atoms with Gasteiger partial charge < -0.3 is 0 Å². The molecule has 0 radical (unpaired) electrons. The molecule has 30 heavy (non-hydrogen) atoms. The van der Waals surface area contributed by atoms with Crippen LogP contribution in [0.3, 0.4) is 0 Å². The summed E-state index contributed by atoms with van der Waals surface area (Å²) < 4.78 is 39.9. The van der Waals surface area contributed by atoms with E-state index in [4.69, 9.17) is 11.6 Å². The van der Waals surface area contributed by atoms with Crippen molar-refractivity contribution in [2.75, 3.05) is 14.1 Å². The van der Waals surface area contributed by atoms with Gasteiger partial charge in [0.25, 0.3) is 0 Å². The summed E-state index contributed by atoms with van der Waals surface area (Å²) in [5, 5.41) is 4.63. The van der Waals surface area contributed by atoms with Crippen molar-refractivity contribution in [2.24, 2.45) is 0 Å². The summed E-state index contributed by atoms with van der Waals surface area (Å²) in [7, 11) is -0.681. The van der Waals surface area contributed by atoms with Gasteiger partial charge in [-0.1, -0.05) is 11.6 Å². The van der Waals surface area contributed by atoms with Gasteiger partial charge in [0.15, 0.2) is 5.78 Å². The van der Waals surface area contributed by atoms with E-state index in [-0.39, 0.29) is 21.6 Å². The molecule has 0 N–H and O–H groups in total. The maximum absolute atomic E-state index is 13.1. The summed E-state index contributed by atoms with van der Waals surface area (Å²) in [5.74, 6) is -0.678. The Morgan fingerprint density at radius 3 is 2.27 bits per heavy atom. The lowest BCUT2D eigenvalue weighted by Crippen LogP contribution is -2.22. The van der Waals surface area contributed by atoms with Gasteiger partial charge in [-0.3, -0.25) is 4.79 Å². The maximum atomic E-state index is 13.1. The number of aryl methyl sites for hydroxylation is 1. The molecular formula is C21H19ClFN3O3S. The van der Waals surface area contributed by atoms with Gasteiger partial charge in [-0.15, -0.1) is 0 Å². The third kappa shape index (κ3) is 4.35. The second-order valence-electron chi connectivity index (χ2n) is 6.69. The van der Waals surface area contributed by atoms with Crippen LogP contribution in [0.25, 0.3) is 11.8 Å². The van der Waals surface area contributed by atoms with Crippen LogP contribution in [0, 0.1) is 12.7 Å². The van der Waals surface area contributed by atoms with Crippen molar-refractivity contribution < 1.29 is 17.6 Å². The molecule has 0 saturated carbocycles. The number of benzene rings is 2. The minimum atomic E-state index is -3.56. The van der Waals surface area contributed by atoms with Crippen LogP contribution in [-0.4, -0.2) is 42.4 Å². The van der Waals surface area contributed by atoms with Crippen molar-refractivity contribution >= 4 is 33.5 Å². The number of nitrogens with zero attached hydrogens (tertiary/aromatic N) is 3. The lowest BCUT2D eigenvalue weighted by molar-refractivity contribution is 0.104. The molecule has 0 aliphatic carbocycles. The molecular weight excluding hydrogens is 429 g/mol. The van der Waals surface area contributed by atoms with E-state index in [1.165, 1.54) is 61.3 Å². The van der Waals surface area contributed by atoms with Crippen molar-refractivity contribution in [3.63, 3.8) is 0 Å². The molecule has 0 bridgehead atoms. The van der Waals surface area contributed by atoms with E-state index < -0.39 is 10.0 Å². The van der Waals surface area contributed by atoms with Crippen LogP contribution in [0.15, 0.2) is 59.5 Å². The fraction of sp³-hybridized carbons (Fsp3) is 0.143. The average molecular weight is 448 g/mol. The number of hydrogen-bond acceptors (Lipinski definition) is 4. The van der Waals surface area contributed by atoms with E-state index in [2.05, 4.69) is 5.10 Å². The molecule has 0 spiro atoms. The van der Waals surface area contributed by atoms with Crippen molar-refractivity contribution in [2.45, 2.75) is 11.8 Å². The molecule has 0 saturated heterocycles. The zero-order valence-corrected chi connectivity index (χ0v) is 18.1. The number of carbonyl (C=O) groups excluding carboxylic acids is 1. The first-order chi connectivity index (χ1) is 14.1. The second kappa shape index (κ2) is 8.51. The second-order valence-corrected chi connectivity index (χ2v) is 9.20. The zero-order valence-electron chi connectivity index (χ0n) is 16.5. The highest BCUT2D eigenvalue weighted by molar-refractivity contribution is 7.89. The van der Waals surface area contributed by atoms with Gasteiger partial charge in [-0.25, -0.2) is 21.8 Å². The van der Waals surface area contributed by atoms with Gasteiger partial charge in [0.05, 0.1) is 16.3 Å². The first-order valence-electron chi connectivity index (χ1n) is 8.87. The molecule has 3 rings (SSSR count). The van der Waals surface area contributed by atoms with Crippen LogP contribution in [0.5, 0.6) is 0 Å². The number of hydrogen-bond donors (Lipinski definition) is 0. The highest BCUT2D eigenvalue weighted by Gasteiger charge is 2.17. The van der Waals surface area contributed by atoms with Gasteiger partial charge in [0.2, 0.25) is 10.0 Å². The molecule has 1 aromatic heterocycles. The number of allylic oxidation sites excluding steroid dienone is 1. The first-order valence-corrected chi connectivity index (χ1v) is 10.7. The summed E-state index contributed by atoms with van der Waals surface area (Å²) in [5.41, 5.74) is 2.08. The molecule has 0 amide bonds. The summed E-state index contributed by atoms with van der Waals surface area (Å²) in [6.07, 6.45) is 2.90. The lowest BCUT2D eigenvalue weighted by Gasteiger charge is -2.11. The van der Waals surface area contributed by atoms with Crippen LogP contribution in [0.4, 0.5) is 4.39 Å². The summed E-state index contributed by atoms with van der Waals surface area (Å²) in [6.45, 7) is 1.75. The van der Waals surface area contributed by atoms with Gasteiger partial charge >= 0.3 is 0 Å². The first kappa shape index (κ1) is 21.9. The van der Waals surface area contributed by atoms with E-state index in [9.17, 15) is 17.6 Å². The Labute approximate surface area is 179 Å². The summed E-state index contributed by atoms with van der Waals surface area (Å²) >= 11 is 6.41. The third-order valence-corrected chi connectivity index (χ3v) is 6.63. The number of carbonyl (C=O) groups is 1. The largest absolute Gasteiger partial charge is 0.289 e. The smallest absolute Gasteiger partial charge is 0.242 e. The van der Waals surface area contributed by atoms with Crippen LogP contribution in [-0.2, 0) is 10.0 Å². The zero-order chi connectivity index (χ0) is 22.1. The highest BCUT2D eigenvalue weighted by Crippen LogP contribution is 2.25. The minimum Gasteiger partial charge on any atom is -0.289 e. The molecule has 0 aliphatic heterocycles. The standard InChI is InChI=1S/C21H19ClFN3O3S/c1-14-19(21(22)26(24-14)17-8-6-16(23)7-9-17)12-13-20(27)15-4-10-18(11-5-15)30(28,29)25(2)3/h4-13H,1-3H3. The van der Waals surface area contributed by atoms with E-state index in [1.807, 2.05) is 0 Å². The molecule has 2 aromatic carbocycles. The number of rotatable bonds is 6. The Balaban J connectivity index is 1.84. The monoisotopic (exact) mass is 447 g/mol. The fourth-order valence-corrected chi connectivity index (χ4v) is 3.95. The third-order valence-electron chi connectivity index (χ3n) is 4.44. The van der Waals surface area contributed by atoms with Crippen LogP contribution in [0.1, 0.15) is 21.6 Å². The predicted molar refractivity (Wildman–Crippen MR) is 114 cm³/mol. The Kier molecular flexibility index (Phi) is 6.21. The quantitative estimate of drug-likeness (QED) is 0.421. The van der Waals surface area contributed by atoms with Crippen molar-refractivity contribution in [1.82, 2.24) is 14.1 Å². The molecule has 9 heteroatoms. The van der Waals surface area contributed by atoms with Crippen molar-refractivity contribution in [3.05, 3.63) is 82.4 Å². The Morgan fingerprint density at radius 1 is 1.10 bits per heavy atom. The normalized spacial score (nSPS) is 12.1. The van der Waals surface area contributed by atoms with Crippen molar-refractivity contribution in [1.29, 1.82) is 0 Å². The fourth-order valence-electron chi connectivity index (χ4n) is 2.71. The molecule has 156 valence electrons. The van der Waals surface area contributed by atoms with Crippen molar-refractivity contribution in [3.8, 4) is 5.69 Å². The Hall–Kier alpha value is -2.81. The van der Waals surface area contributed by atoms with Gasteiger partial charge in [0.1, 0.15) is 11.0 Å². The molecule has 3 aromatic rings. The SMILES string of the molecule is Cc1nn(-c2ccc(F)cc2)c(Cl)c1C=CC(=O)c1ccc(S(=O)(=O)N(C)C)cc1. The number of aromatic nitrogens is 2. The molecule has 0 fully saturated rings. The number of ketones is 1. The predicted octanol–water partition coefficient (Wildman–Crippen LogP) is 4.12. The molecule has 1 heterocycles. The highest BCUT2D eigenvalue weighted by atomic mass is 35.5. The van der Waals surface area contributed by atoms with E-state index in [0.29, 0.717) is 22.5 Å². The van der Waals surface area contributed by atoms with Gasteiger partial charge in [0, 0.05) is 25.2 Å². The average Bonchev–Trinajstić information content (AvgIpc) is 3.00. The maximum Gasteiger partial charge on any atom is 0.242 e. The van der Waals surface area contributed by atoms with E-state index in [0.717, 1.165) is 4.31 Å². The van der Waals surface area contributed by atoms with Crippen LogP contribution in [0.2, 0.25) is 5.15 Å². The summed E-state index contributed by atoms with van der Waals surface area (Å²) in [4.78, 5) is 12.6. The molecule has 6 nitrogen and oxygen atoms in total. The Morgan fingerprint density at radius 2 is 1.70 bits per heavy atom. The molecule has 0 aliphatic rings. The van der Waals surface area contributed by atoms with Crippen LogP contribution < -0.4 is 0 Å². The lowest BCUT2D eigenvalue weighted by atomic mass is 10.1. The number of halogens is 2. The van der Waals surface area contributed by atoms with E-state index >= 15 is 0 Å². The topological polar surface area (TPSA) is 72.3 Å². The minimum absolute atomic E-state index is 0.104. The summed E-state index contributed by atoms with van der Waals surface area (Å²) in [6, 6.07) is 11.4. The van der Waals surface area contributed by atoms with Gasteiger partial charge in [-0.05, 0) is 67.6 Å². The Bertz CT molecular complexity index is 1220. The molecule has 0 unspecified atom stereocenters.